The maximum Gasteiger partial charge on any atom is 0.349 e. The van der Waals surface area contributed by atoms with Crippen molar-refractivity contribution in [3.8, 4) is 5.75 Å². The summed E-state index contributed by atoms with van der Waals surface area (Å²) in [6, 6.07) is 10.4. The summed E-state index contributed by atoms with van der Waals surface area (Å²) in [6.07, 6.45) is 3.28. The van der Waals surface area contributed by atoms with Gasteiger partial charge in [0, 0.05) is 24.3 Å². The number of hydrogen-bond acceptors (Lipinski definition) is 5. The van der Waals surface area contributed by atoms with E-state index in [-0.39, 0.29) is 5.56 Å². The Morgan fingerprint density at radius 1 is 1.25 bits per heavy atom. The third-order valence-electron chi connectivity index (χ3n) is 3.47. The number of carbonyl (C=O) groups excluding carboxylic acids is 1. The minimum Gasteiger partial charge on any atom is -0.490 e. The van der Waals surface area contributed by atoms with Crippen LogP contribution in [0.25, 0.3) is 11.0 Å². The van der Waals surface area contributed by atoms with Gasteiger partial charge in [0.15, 0.2) is 11.3 Å². The van der Waals surface area contributed by atoms with Crippen LogP contribution in [0, 0.1) is 0 Å². The maximum absolute atomic E-state index is 12.3. The average Bonchev–Trinajstić information content (AvgIpc) is 2.61. The van der Waals surface area contributed by atoms with E-state index in [0.717, 1.165) is 5.56 Å². The summed E-state index contributed by atoms with van der Waals surface area (Å²) in [4.78, 5) is 28.3. The Balaban J connectivity index is 1.88. The molecule has 0 atom stereocenters. The lowest BCUT2D eigenvalue weighted by Crippen LogP contribution is -2.27. The van der Waals surface area contributed by atoms with Crippen molar-refractivity contribution in [1.29, 1.82) is 0 Å². The zero-order valence-electron chi connectivity index (χ0n) is 13.1. The molecule has 6 nitrogen and oxygen atoms in total. The molecule has 6 heteroatoms. The van der Waals surface area contributed by atoms with Crippen molar-refractivity contribution in [1.82, 2.24) is 10.3 Å². The van der Waals surface area contributed by atoms with Crippen LogP contribution in [0.4, 0.5) is 0 Å². The van der Waals surface area contributed by atoms with Crippen molar-refractivity contribution in [2.45, 2.75) is 13.5 Å². The van der Waals surface area contributed by atoms with Gasteiger partial charge in [-0.1, -0.05) is 12.1 Å². The van der Waals surface area contributed by atoms with Crippen LogP contribution in [-0.4, -0.2) is 17.5 Å². The normalized spacial score (nSPS) is 10.5. The number of hydrogen-bond donors (Lipinski definition) is 1. The van der Waals surface area contributed by atoms with Crippen molar-refractivity contribution in [2.24, 2.45) is 0 Å². The number of benzene rings is 1. The lowest BCUT2D eigenvalue weighted by molar-refractivity contribution is 0.0947. The summed E-state index contributed by atoms with van der Waals surface area (Å²) in [5.74, 6) is 0.000110. The molecule has 1 amide bonds. The molecule has 0 radical (unpaired) electrons. The second-order valence-corrected chi connectivity index (χ2v) is 5.09. The molecule has 24 heavy (non-hydrogen) atoms. The molecule has 0 bridgehead atoms. The van der Waals surface area contributed by atoms with E-state index in [1.165, 1.54) is 6.07 Å². The summed E-state index contributed by atoms with van der Waals surface area (Å²) in [7, 11) is 0. The monoisotopic (exact) mass is 324 g/mol. The number of nitrogens with one attached hydrogen (secondary N) is 1. The molecule has 1 N–H and O–H groups in total. The first kappa shape index (κ1) is 15.7. The molecule has 2 heterocycles. The van der Waals surface area contributed by atoms with Crippen molar-refractivity contribution in [2.75, 3.05) is 6.61 Å². The molecule has 0 aliphatic heterocycles. The minimum atomic E-state index is -0.693. The van der Waals surface area contributed by atoms with Gasteiger partial charge < -0.3 is 14.5 Å². The summed E-state index contributed by atoms with van der Waals surface area (Å²) < 4.78 is 10.7. The Morgan fingerprint density at radius 3 is 2.79 bits per heavy atom. The number of aromatic nitrogens is 1. The smallest absolute Gasteiger partial charge is 0.349 e. The van der Waals surface area contributed by atoms with Gasteiger partial charge in [-0.2, -0.15) is 0 Å². The molecule has 0 aliphatic rings. The predicted octanol–water partition coefficient (Wildman–Crippen LogP) is 2.52. The van der Waals surface area contributed by atoms with E-state index < -0.39 is 11.5 Å². The second-order valence-electron chi connectivity index (χ2n) is 5.09. The van der Waals surface area contributed by atoms with E-state index in [9.17, 15) is 9.59 Å². The largest absolute Gasteiger partial charge is 0.490 e. The van der Waals surface area contributed by atoms with Crippen LogP contribution in [0.2, 0.25) is 0 Å². The lowest BCUT2D eigenvalue weighted by Gasteiger charge is -2.08. The van der Waals surface area contributed by atoms with E-state index in [1.807, 2.05) is 6.92 Å². The number of pyridine rings is 1. The SMILES string of the molecule is CCOc1cccc2cc(C(=O)NCc3ccncc3)c(=O)oc12. The highest BCUT2D eigenvalue weighted by Gasteiger charge is 2.15. The minimum absolute atomic E-state index is 0.0368. The van der Waals surface area contributed by atoms with Crippen molar-refractivity contribution < 1.29 is 13.9 Å². The Hall–Kier alpha value is -3.15. The maximum atomic E-state index is 12.3. The second kappa shape index (κ2) is 6.95. The Kier molecular flexibility index (Phi) is 4.56. The summed E-state index contributed by atoms with van der Waals surface area (Å²) >= 11 is 0. The third-order valence-corrected chi connectivity index (χ3v) is 3.47. The highest BCUT2D eigenvalue weighted by atomic mass is 16.5. The van der Waals surface area contributed by atoms with Crippen LogP contribution in [0.3, 0.4) is 0 Å². The van der Waals surface area contributed by atoms with Crippen LogP contribution < -0.4 is 15.7 Å². The predicted molar refractivity (Wildman–Crippen MR) is 89.1 cm³/mol. The van der Waals surface area contributed by atoms with Crippen LogP contribution in [-0.2, 0) is 6.54 Å². The van der Waals surface area contributed by atoms with Gasteiger partial charge in [0.2, 0.25) is 0 Å². The Bertz CT molecular complexity index is 919. The number of rotatable bonds is 5. The Morgan fingerprint density at radius 2 is 2.04 bits per heavy atom. The molecule has 3 rings (SSSR count). The van der Waals surface area contributed by atoms with Crippen LogP contribution in [0.5, 0.6) is 5.75 Å². The zero-order valence-corrected chi connectivity index (χ0v) is 13.1. The average molecular weight is 324 g/mol. The first-order chi connectivity index (χ1) is 11.7. The fourth-order valence-corrected chi connectivity index (χ4v) is 2.32. The standard InChI is InChI=1S/C18H16N2O4/c1-2-23-15-5-3-4-13-10-14(18(22)24-16(13)15)17(21)20-11-12-6-8-19-9-7-12/h3-10H,2,11H2,1H3,(H,20,21). The van der Waals surface area contributed by atoms with E-state index in [0.29, 0.717) is 29.9 Å². The fourth-order valence-electron chi connectivity index (χ4n) is 2.32. The van der Waals surface area contributed by atoms with Gasteiger partial charge in [0.25, 0.3) is 5.91 Å². The van der Waals surface area contributed by atoms with Crippen molar-refractivity contribution in [3.63, 3.8) is 0 Å². The molecule has 122 valence electrons. The van der Waals surface area contributed by atoms with Crippen LogP contribution in [0.1, 0.15) is 22.8 Å². The van der Waals surface area contributed by atoms with Crippen molar-refractivity contribution in [3.05, 3.63) is 70.3 Å². The summed E-state index contributed by atoms with van der Waals surface area (Å²) in [6.45, 7) is 2.60. The van der Waals surface area contributed by atoms with Gasteiger partial charge in [0.05, 0.1) is 6.61 Å². The lowest BCUT2D eigenvalue weighted by atomic mass is 10.1. The highest BCUT2D eigenvalue weighted by Crippen LogP contribution is 2.24. The number of nitrogens with zero attached hydrogens (tertiary/aromatic N) is 1. The molecule has 0 spiro atoms. The van der Waals surface area contributed by atoms with E-state index in [2.05, 4.69) is 10.3 Å². The first-order valence-corrected chi connectivity index (χ1v) is 7.56. The summed E-state index contributed by atoms with van der Waals surface area (Å²) in [5.41, 5.74) is 0.504. The van der Waals surface area contributed by atoms with E-state index in [1.54, 1.807) is 42.7 Å². The van der Waals surface area contributed by atoms with Gasteiger partial charge in [-0.05, 0) is 36.8 Å². The molecule has 2 aromatic heterocycles. The molecular formula is C18H16N2O4. The summed E-state index contributed by atoms with van der Waals surface area (Å²) in [5, 5.41) is 3.34. The molecule has 0 saturated carbocycles. The van der Waals surface area contributed by atoms with E-state index >= 15 is 0 Å². The number of para-hydroxylation sites is 1. The van der Waals surface area contributed by atoms with Crippen molar-refractivity contribution >= 4 is 16.9 Å². The number of carbonyl (C=O) groups is 1. The number of amides is 1. The molecule has 0 aliphatic carbocycles. The van der Waals surface area contributed by atoms with Gasteiger partial charge >= 0.3 is 5.63 Å². The number of ether oxygens (including phenoxy) is 1. The molecule has 0 saturated heterocycles. The van der Waals surface area contributed by atoms with Gasteiger partial charge in [-0.3, -0.25) is 9.78 Å². The quantitative estimate of drug-likeness (QED) is 0.729. The zero-order chi connectivity index (χ0) is 16.9. The van der Waals surface area contributed by atoms with Crippen LogP contribution in [0.15, 0.2) is 58.0 Å². The van der Waals surface area contributed by atoms with E-state index in [4.69, 9.17) is 9.15 Å². The topological polar surface area (TPSA) is 81.4 Å². The molecule has 3 aromatic rings. The molecule has 0 fully saturated rings. The third kappa shape index (κ3) is 3.27. The Labute approximate surface area is 138 Å². The first-order valence-electron chi connectivity index (χ1n) is 7.56. The molecule has 0 unspecified atom stereocenters. The highest BCUT2D eigenvalue weighted by molar-refractivity contribution is 5.97. The van der Waals surface area contributed by atoms with Gasteiger partial charge in [-0.15, -0.1) is 0 Å². The molecular weight excluding hydrogens is 308 g/mol. The fraction of sp³-hybridized carbons (Fsp3) is 0.167. The number of fused-ring (bicyclic) bond motifs is 1. The van der Waals surface area contributed by atoms with Crippen LogP contribution >= 0.6 is 0 Å². The van der Waals surface area contributed by atoms with Gasteiger partial charge in [0.1, 0.15) is 5.56 Å². The molecule has 1 aromatic carbocycles. The van der Waals surface area contributed by atoms with Gasteiger partial charge in [-0.25, -0.2) is 4.79 Å².